The quantitative estimate of drug-likeness (QED) is 0.754. The molecule has 2 aromatic rings. The molecule has 2 rings (SSSR count). The highest BCUT2D eigenvalue weighted by Crippen LogP contribution is 2.21. The maximum absolute atomic E-state index is 12.0. The fraction of sp³-hybridized carbons (Fsp3) is 0.125. The molecule has 0 aliphatic carbocycles. The molecule has 2 aromatic carbocycles. The van der Waals surface area contributed by atoms with Gasteiger partial charge in [-0.25, -0.2) is 0 Å². The van der Waals surface area contributed by atoms with Crippen LogP contribution in [0, 0.1) is 6.92 Å². The van der Waals surface area contributed by atoms with Crippen molar-refractivity contribution in [3.05, 3.63) is 59.2 Å². The molecule has 0 aliphatic rings. The van der Waals surface area contributed by atoms with E-state index in [-0.39, 0.29) is 11.3 Å². The summed E-state index contributed by atoms with van der Waals surface area (Å²) in [6, 6.07) is 11.4. The van der Waals surface area contributed by atoms with Crippen LogP contribution < -0.4 is 15.6 Å². The number of para-hydroxylation sites is 2. The van der Waals surface area contributed by atoms with E-state index in [0.717, 1.165) is 0 Å². The monoisotopic (exact) mass is 300 g/mol. The van der Waals surface area contributed by atoms with Gasteiger partial charge in [0.1, 0.15) is 11.5 Å². The highest BCUT2D eigenvalue weighted by molar-refractivity contribution is 6.01. The Hall–Kier alpha value is -3.02. The van der Waals surface area contributed by atoms with E-state index < -0.39 is 11.8 Å². The van der Waals surface area contributed by atoms with Crippen molar-refractivity contribution >= 4 is 11.8 Å². The Bertz CT molecular complexity index is 713. The Kier molecular flexibility index (Phi) is 4.63. The van der Waals surface area contributed by atoms with Gasteiger partial charge >= 0.3 is 0 Å². The highest BCUT2D eigenvalue weighted by atomic mass is 16.5. The minimum absolute atomic E-state index is 0.0836. The second kappa shape index (κ2) is 6.62. The number of carbonyl (C=O) groups is 2. The maximum Gasteiger partial charge on any atom is 0.273 e. The number of carbonyl (C=O) groups excluding carboxylic acids is 2. The van der Waals surface area contributed by atoms with E-state index in [1.165, 1.54) is 13.2 Å². The lowest BCUT2D eigenvalue weighted by molar-refractivity contribution is 0.0843. The average molecular weight is 300 g/mol. The van der Waals surface area contributed by atoms with E-state index in [2.05, 4.69) is 10.9 Å². The number of ether oxygens (including phenoxy) is 1. The summed E-state index contributed by atoms with van der Waals surface area (Å²) in [7, 11) is 1.45. The number of nitrogens with one attached hydrogen (secondary N) is 2. The molecule has 0 saturated heterocycles. The van der Waals surface area contributed by atoms with Crippen LogP contribution in [-0.2, 0) is 0 Å². The van der Waals surface area contributed by atoms with Crippen molar-refractivity contribution in [2.45, 2.75) is 6.92 Å². The minimum atomic E-state index is -0.607. The predicted molar refractivity (Wildman–Crippen MR) is 80.8 cm³/mol. The number of hydrogen-bond acceptors (Lipinski definition) is 4. The van der Waals surface area contributed by atoms with Crippen LogP contribution in [0.15, 0.2) is 42.5 Å². The summed E-state index contributed by atoms with van der Waals surface area (Å²) in [5, 5.41) is 9.84. The van der Waals surface area contributed by atoms with E-state index in [0.29, 0.717) is 16.9 Å². The Morgan fingerprint density at radius 3 is 2.23 bits per heavy atom. The first kappa shape index (κ1) is 15.4. The van der Waals surface area contributed by atoms with E-state index in [1.807, 2.05) is 0 Å². The van der Waals surface area contributed by atoms with Gasteiger partial charge in [0.2, 0.25) is 0 Å². The molecular formula is C16H16N2O4. The van der Waals surface area contributed by atoms with Crippen LogP contribution in [-0.4, -0.2) is 24.0 Å². The summed E-state index contributed by atoms with van der Waals surface area (Å²) < 4.78 is 5.08. The van der Waals surface area contributed by atoms with Gasteiger partial charge in [-0.1, -0.05) is 24.3 Å². The lowest BCUT2D eigenvalue weighted by Gasteiger charge is -2.11. The second-order valence-electron chi connectivity index (χ2n) is 4.58. The first-order valence-corrected chi connectivity index (χ1v) is 6.57. The third kappa shape index (κ3) is 3.17. The summed E-state index contributed by atoms with van der Waals surface area (Å²) in [4.78, 5) is 24.0. The van der Waals surface area contributed by atoms with Crippen LogP contribution >= 0.6 is 0 Å². The summed E-state index contributed by atoms with van der Waals surface area (Å²) >= 11 is 0. The fourth-order valence-electron chi connectivity index (χ4n) is 1.92. The molecular weight excluding hydrogens is 284 g/mol. The Balaban J connectivity index is 2.08. The SMILES string of the molecule is COc1ccccc1C(=O)NNC(=O)c1cccc(C)c1O. The number of rotatable bonds is 3. The molecule has 0 aromatic heterocycles. The highest BCUT2D eigenvalue weighted by Gasteiger charge is 2.15. The minimum Gasteiger partial charge on any atom is -0.507 e. The standard InChI is InChI=1S/C16H16N2O4/c1-10-6-5-8-12(14(10)19)16(21)18-17-15(20)11-7-3-4-9-13(11)22-2/h3-9,19H,1-2H3,(H,17,20)(H,18,21). The first-order chi connectivity index (χ1) is 10.5. The van der Waals surface area contributed by atoms with Gasteiger partial charge < -0.3 is 9.84 Å². The molecule has 0 radical (unpaired) electrons. The molecule has 6 nitrogen and oxygen atoms in total. The molecule has 0 aliphatic heterocycles. The van der Waals surface area contributed by atoms with Crippen LogP contribution in [0.4, 0.5) is 0 Å². The molecule has 0 fully saturated rings. The summed E-state index contributed by atoms with van der Waals surface area (Å²) in [5.41, 5.74) is 5.50. The van der Waals surface area contributed by atoms with Crippen molar-refractivity contribution in [1.82, 2.24) is 10.9 Å². The van der Waals surface area contributed by atoms with Crippen LogP contribution in [0.1, 0.15) is 26.3 Å². The molecule has 0 heterocycles. The normalized spacial score (nSPS) is 9.91. The van der Waals surface area contributed by atoms with E-state index in [1.54, 1.807) is 43.3 Å². The van der Waals surface area contributed by atoms with Crippen molar-refractivity contribution in [3.63, 3.8) is 0 Å². The molecule has 6 heteroatoms. The molecule has 0 atom stereocenters. The molecule has 0 unspecified atom stereocenters. The van der Waals surface area contributed by atoms with E-state index in [4.69, 9.17) is 4.74 Å². The fourth-order valence-corrected chi connectivity index (χ4v) is 1.92. The smallest absolute Gasteiger partial charge is 0.273 e. The largest absolute Gasteiger partial charge is 0.507 e. The van der Waals surface area contributed by atoms with Crippen molar-refractivity contribution < 1.29 is 19.4 Å². The molecule has 3 N–H and O–H groups in total. The van der Waals surface area contributed by atoms with Crippen LogP contribution in [0.2, 0.25) is 0 Å². The molecule has 22 heavy (non-hydrogen) atoms. The zero-order valence-electron chi connectivity index (χ0n) is 12.2. The van der Waals surface area contributed by atoms with Gasteiger partial charge in [-0.15, -0.1) is 0 Å². The van der Waals surface area contributed by atoms with Gasteiger partial charge in [0.05, 0.1) is 18.2 Å². The lowest BCUT2D eigenvalue weighted by atomic mass is 10.1. The van der Waals surface area contributed by atoms with Crippen LogP contribution in [0.5, 0.6) is 11.5 Å². The zero-order valence-corrected chi connectivity index (χ0v) is 12.2. The number of aryl methyl sites for hydroxylation is 1. The van der Waals surface area contributed by atoms with Gasteiger partial charge in [0.15, 0.2) is 0 Å². The number of phenolic OH excluding ortho intramolecular Hbond substituents is 1. The van der Waals surface area contributed by atoms with Crippen LogP contribution in [0.25, 0.3) is 0 Å². The third-order valence-electron chi connectivity index (χ3n) is 3.12. The average Bonchev–Trinajstić information content (AvgIpc) is 2.54. The van der Waals surface area contributed by atoms with Crippen molar-refractivity contribution in [2.75, 3.05) is 7.11 Å². The number of phenols is 1. The van der Waals surface area contributed by atoms with Crippen molar-refractivity contribution in [2.24, 2.45) is 0 Å². The van der Waals surface area contributed by atoms with Gasteiger partial charge in [-0.3, -0.25) is 20.4 Å². The van der Waals surface area contributed by atoms with E-state index >= 15 is 0 Å². The van der Waals surface area contributed by atoms with Crippen LogP contribution in [0.3, 0.4) is 0 Å². The van der Waals surface area contributed by atoms with Gasteiger partial charge in [-0.05, 0) is 30.7 Å². The second-order valence-corrected chi connectivity index (χ2v) is 4.58. The number of benzene rings is 2. The maximum atomic E-state index is 12.0. The summed E-state index contributed by atoms with van der Waals surface area (Å²) in [6.07, 6.45) is 0. The van der Waals surface area contributed by atoms with E-state index in [9.17, 15) is 14.7 Å². The van der Waals surface area contributed by atoms with Gasteiger partial charge in [-0.2, -0.15) is 0 Å². The Morgan fingerprint density at radius 2 is 1.55 bits per heavy atom. The predicted octanol–water partition coefficient (Wildman–Crippen LogP) is 1.78. The summed E-state index contributed by atoms with van der Waals surface area (Å²) in [6.45, 7) is 1.68. The lowest BCUT2D eigenvalue weighted by Crippen LogP contribution is -2.41. The van der Waals surface area contributed by atoms with Crippen molar-refractivity contribution in [1.29, 1.82) is 0 Å². The Labute approximate surface area is 127 Å². The molecule has 0 bridgehead atoms. The number of amides is 2. The number of hydrogen-bond donors (Lipinski definition) is 3. The van der Waals surface area contributed by atoms with Gasteiger partial charge in [0, 0.05) is 0 Å². The summed E-state index contributed by atoms with van der Waals surface area (Å²) in [5.74, 6) is -0.846. The number of aromatic hydroxyl groups is 1. The molecule has 0 spiro atoms. The molecule has 0 saturated carbocycles. The topological polar surface area (TPSA) is 87.7 Å². The first-order valence-electron chi connectivity index (χ1n) is 6.57. The third-order valence-corrected chi connectivity index (χ3v) is 3.12. The van der Waals surface area contributed by atoms with Gasteiger partial charge in [0.25, 0.3) is 11.8 Å². The zero-order chi connectivity index (χ0) is 16.1. The molecule has 114 valence electrons. The number of hydrazine groups is 1. The number of methoxy groups -OCH3 is 1. The Morgan fingerprint density at radius 1 is 0.955 bits per heavy atom. The van der Waals surface area contributed by atoms with Crippen molar-refractivity contribution in [3.8, 4) is 11.5 Å². The molecule has 2 amide bonds.